The first kappa shape index (κ1) is 19.1. The number of piperazine rings is 1. The number of nitrogens with zero attached hydrogens (tertiary/aromatic N) is 3. The third kappa shape index (κ3) is 4.37. The summed E-state index contributed by atoms with van der Waals surface area (Å²) < 4.78 is 0. The summed E-state index contributed by atoms with van der Waals surface area (Å²) in [7, 11) is 2.13. The fourth-order valence-corrected chi connectivity index (χ4v) is 4.33. The molecular weight excluding hydrogens is 368 g/mol. The van der Waals surface area contributed by atoms with Crippen LogP contribution in [0.1, 0.15) is 33.7 Å². The van der Waals surface area contributed by atoms with Gasteiger partial charge in [-0.05, 0) is 45.0 Å². The van der Waals surface area contributed by atoms with E-state index in [0.717, 1.165) is 61.1 Å². The molecule has 0 saturated carbocycles. The number of hydrogen-bond donors (Lipinski definition) is 1. The molecule has 2 aromatic rings. The maximum absolute atomic E-state index is 12.8. The van der Waals surface area contributed by atoms with E-state index in [0.29, 0.717) is 9.90 Å². The van der Waals surface area contributed by atoms with Gasteiger partial charge in [0.2, 0.25) is 0 Å². The molecule has 0 atom stereocenters. The minimum atomic E-state index is -0.111. The molecule has 0 bridgehead atoms. The number of anilines is 2. The van der Waals surface area contributed by atoms with Crippen molar-refractivity contribution in [3.63, 3.8) is 0 Å². The molecule has 0 radical (unpaired) electrons. The van der Waals surface area contributed by atoms with Crippen molar-refractivity contribution in [1.82, 2.24) is 9.88 Å². The Morgan fingerprint density at radius 1 is 1.31 bits per heavy atom. The van der Waals surface area contributed by atoms with E-state index in [1.54, 1.807) is 0 Å². The van der Waals surface area contributed by atoms with Gasteiger partial charge < -0.3 is 15.1 Å². The summed E-state index contributed by atoms with van der Waals surface area (Å²) in [6.45, 7) is 7.88. The molecule has 1 aliphatic rings. The number of halogens is 1. The van der Waals surface area contributed by atoms with Crippen molar-refractivity contribution in [3.8, 4) is 0 Å². The molecule has 1 aromatic heterocycles. The highest BCUT2D eigenvalue weighted by molar-refractivity contribution is 7.13. The fourth-order valence-electron chi connectivity index (χ4n) is 3.09. The zero-order valence-corrected chi connectivity index (χ0v) is 17.1. The van der Waals surface area contributed by atoms with Crippen molar-refractivity contribution in [3.05, 3.63) is 38.8 Å². The Kier molecular flexibility index (Phi) is 6.16. The second kappa shape index (κ2) is 8.37. The summed E-state index contributed by atoms with van der Waals surface area (Å²) in [4.78, 5) is 22.6. The number of aromatic nitrogens is 1. The summed E-state index contributed by atoms with van der Waals surface area (Å²) in [6.07, 6.45) is 1.93. The van der Waals surface area contributed by atoms with Gasteiger partial charge >= 0.3 is 0 Å². The molecule has 0 unspecified atom stereocenters. The standard InChI is InChI=1S/C19H25ClN4OS/c1-4-5-17-21-13(2)18(26-17)19(25)22-15-12-14(20)6-7-16(15)24-10-8-23(3)9-11-24/h6-7,12H,4-5,8-11H2,1-3H3,(H,22,25). The van der Waals surface area contributed by atoms with Crippen LogP contribution in [0.25, 0.3) is 0 Å². The maximum Gasteiger partial charge on any atom is 0.267 e. The average Bonchev–Trinajstić information content (AvgIpc) is 2.97. The monoisotopic (exact) mass is 392 g/mol. The zero-order valence-electron chi connectivity index (χ0n) is 15.5. The number of carbonyl (C=O) groups is 1. The lowest BCUT2D eigenvalue weighted by Crippen LogP contribution is -2.44. The molecular formula is C19H25ClN4OS. The summed E-state index contributed by atoms with van der Waals surface area (Å²) in [5, 5.41) is 4.70. The van der Waals surface area contributed by atoms with Crippen LogP contribution in [-0.2, 0) is 6.42 Å². The number of hydrogen-bond acceptors (Lipinski definition) is 5. The maximum atomic E-state index is 12.8. The van der Waals surface area contributed by atoms with Crippen molar-refractivity contribution in [2.24, 2.45) is 0 Å². The smallest absolute Gasteiger partial charge is 0.267 e. The number of aryl methyl sites for hydroxylation is 2. The first-order valence-corrected chi connectivity index (χ1v) is 10.2. The highest BCUT2D eigenvalue weighted by Gasteiger charge is 2.20. The number of carbonyl (C=O) groups excluding carboxylic acids is 1. The van der Waals surface area contributed by atoms with E-state index in [1.807, 2.05) is 25.1 Å². The van der Waals surface area contributed by atoms with Crippen LogP contribution in [0.4, 0.5) is 11.4 Å². The number of thiazole rings is 1. The van der Waals surface area contributed by atoms with Crippen LogP contribution in [0.5, 0.6) is 0 Å². The van der Waals surface area contributed by atoms with Gasteiger partial charge in [0.1, 0.15) is 4.88 Å². The molecule has 1 saturated heterocycles. The Labute approximate surface area is 164 Å². The normalized spacial score (nSPS) is 15.3. The Morgan fingerprint density at radius 3 is 2.73 bits per heavy atom. The van der Waals surface area contributed by atoms with Gasteiger partial charge in [0.05, 0.1) is 22.1 Å². The van der Waals surface area contributed by atoms with Gasteiger partial charge in [-0.1, -0.05) is 18.5 Å². The first-order valence-electron chi connectivity index (χ1n) is 8.98. The van der Waals surface area contributed by atoms with Crippen LogP contribution in [0.3, 0.4) is 0 Å². The van der Waals surface area contributed by atoms with Crippen LogP contribution >= 0.6 is 22.9 Å². The topological polar surface area (TPSA) is 48.5 Å². The highest BCUT2D eigenvalue weighted by Crippen LogP contribution is 2.31. The van der Waals surface area contributed by atoms with Crippen molar-refractivity contribution in [2.75, 3.05) is 43.4 Å². The number of benzene rings is 1. The molecule has 0 spiro atoms. The van der Waals surface area contributed by atoms with E-state index < -0.39 is 0 Å². The molecule has 1 amide bonds. The third-order valence-electron chi connectivity index (χ3n) is 4.56. The molecule has 1 N–H and O–H groups in total. The summed E-state index contributed by atoms with van der Waals surface area (Å²) in [5.74, 6) is -0.111. The quantitative estimate of drug-likeness (QED) is 0.833. The molecule has 1 aliphatic heterocycles. The Balaban J connectivity index is 1.82. The molecule has 5 nitrogen and oxygen atoms in total. The van der Waals surface area contributed by atoms with E-state index in [9.17, 15) is 4.79 Å². The average molecular weight is 393 g/mol. The Bertz CT molecular complexity index is 784. The third-order valence-corrected chi connectivity index (χ3v) is 6.01. The summed E-state index contributed by atoms with van der Waals surface area (Å²) >= 11 is 7.68. The number of rotatable bonds is 5. The van der Waals surface area contributed by atoms with Gasteiger partial charge in [-0.3, -0.25) is 4.79 Å². The molecule has 3 rings (SSSR count). The van der Waals surface area contributed by atoms with Crippen LogP contribution in [0, 0.1) is 6.92 Å². The Hall–Kier alpha value is -1.63. The minimum Gasteiger partial charge on any atom is -0.367 e. The largest absolute Gasteiger partial charge is 0.367 e. The number of nitrogens with one attached hydrogen (secondary N) is 1. The number of likely N-dealkylation sites (N-methyl/N-ethyl adjacent to an activating group) is 1. The summed E-state index contributed by atoms with van der Waals surface area (Å²) in [5.41, 5.74) is 2.57. The van der Waals surface area contributed by atoms with Crippen LogP contribution in [0.2, 0.25) is 5.02 Å². The number of amides is 1. The van der Waals surface area contributed by atoms with Gasteiger partial charge in [0.25, 0.3) is 5.91 Å². The second-order valence-corrected chi connectivity index (χ2v) is 8.20. The SMILES string of the molecule is CCCc1nc(C)c(C(=O)Nc2cc(Cl)ccc2N2CCN(C)CC2)s1. The van der Waals surface area contributed by atoms with E-state index in [2.05, 4.69) is 34.1 Å². The van der Waals surface area contributed by atoms with Crippen molar-refractivity contribution in [1.29, 1.82) is 0 Å². The molecule has 2 heterocycles. The molecule has 1 aromatic carbocycles. The van der Waals surface area contributed by atoms with E-state index in [-0.39, 0.29) is 5.91 Å². The molecule has 1 fully saturated rings. The minimum absolute atomic E-state index is 0.111. The molecule has 0 aliphatic carbocycles. The van der Waals surface area contributed by atoms with Crippen LogP contribution < -0.4 is 10.2 Å². The lowest BCUT2D eigenvalue weighted by Gasteiger charge is -2.35. The highest BCUT2D eigenvalue weighted by atomic mass is 35.5. The van der Waals surface area contributed by atoms with Gasteiger partial charge in [-0.2, -0.15) is 0 Å². The van der Waals surface area contributed by atoms with E-state index in [1.165, 1.54) is 11.3 Å². The molecule has 7 heteroatoms. The second-order valence-electron chi connectivity index (χ2n) is 6.68. The van der Waals surface area contributed by atoms with Crippen LogP contribution in [-0.4, -0.2) is 49.0 Å². The lowest BCUT2D eigenvalue weighted by atomic mass is 10.2. The Morgan fingerprint density at radius 2 is 2.04 bits per heavy atom. The van der Waals surface area contributed by atoms with Crippen molar-refractivity contribution < 1.29 is 4.79 Å². The van der Waals surface area contributed by atoms with E-state index >= 15 is 0 Å². The first-order chi connectivity index (χ1) is 12.5. The fraction of sp³-hybridized carbons (Fsp3) is 0.474. The van der Waals surface area contributed by atoms with Gasteiger partial charge in [-0.25, -0.2) is 4.98 Å². The van der Waals surface area contributed by atoms with Crippen LogP contribution in [0.15, 0.2) is 18.2 Å². The van der Waals surface area contributed by atoms with E-state index in [4.69, 9.17) is 11.6 Å². The molecule has 26 heavy (non-hydrogen) atoms. The predicted octanol–water partition coefficient (Wildman–Crippen LogP) is 4.06. The summed E-state index contributed by atoms with van der Waals surface area (Å²) in [6, 6.07) is 5.70. The van der Waals surface area contributed by atoms with Gasteiger partial charge in [0, 0.05) is 31.2 Å². The lowest BCUT2D eigenvalue weighted by molar-refractivity contribution is 0.103. The van der Waals surface area contributed by atoms with Crippen molar-refractivity contribution in [2.45, 2.75) is 26.7 Å². The predicted molar refractivity (Wildman–Crippen MR) is 110 cm³/mol. The van der Waals surface area contributed by atoms with Gasteiger partial charge in [0.15, 0.2) is 0 Å². The molecule has 140 valence electrons. The zero-order chi connectivity index (χ0) is 18.7. The van der Waals surface area contributed by atoms with Crippen molar-refractivity contribution >= 4 is 40.2 Å². The van der Waals surface area contributed by atoms with Gasteiger partial charge in [-0.15, -0.1) is 11.3 Å².